The van der Waals surface area contributed by atoms with Crippen LogP contribution in [0, 0.1) is 0 Å². The van der Waals surface area contributed by atoms with Gasteiger partial charge in [0.15, 0.2) is 0 Å². The van der Waals surface area contributed by atoms with Crippen LogP contribution in [0.15, 0.2) is 18.2 Å². The van der Waals surface area contributed by atoms with Crippen molar-refractivity contribution in [3.05, 3.63) is 34.9 Å². The molecular formula is C25H42O3. The first-order valence-electron chi connectivity index (χ1n) is 11.6. The number of ether oxygens (including phenoxy) is 2. The monoisotopic (exact) mass is 390 g/mol. The lowest BCUT2D eigenvalue weighted by Crippen LogP contribution is -2.12. The maximum absolute atomic E-state index is 12.5. The number of carbonyl (C=O) groups is 1. The predicted octanol–water partition coefficient (Wildman–Crippen LogP) is 6.91. The Hall–Kier alpha value is -1.35. The number of benzene rings is 1. The normalized spacial score (nSPS) is 11.0. The van der Waals surface area contributed by atoms with Crippen molar-refractivity contribution in [1.29, 1.82) is 0 Å². The minimum absolute atomic E-state index is 0.223. The highest BCUT2D eigenvalue weighted by Crippen LogP contribution is 2.16. The van der Waals surface area contributed by atoms with Crippen molar-refractivity contribution >= 4 is 5.97 Å². The topological polar surface area (TPSA) is 35.5 Å². The van der Waals surface area contributed by atoms with Gasteiger partial charge in [-0.05, 0) is 55.4 Å². The summed E-state index contributed by atoms with van der Waals surface area (Å²) in [6.45, 7) is 8.20. The summed E-state index contributed by atoms with van der Waals surface area (Å²) in [6, 6.07) is 6.26. The van der Waals surface area contributed by atoms with Gasteiger partial charge in [-0.1, -0.05) is 71.8 Å². The molecule has 1 rings (SSSR count). The molecule has 0 spiro atoms. The fraction of sp³-hybridized carbons (Fsp3) is 0.720. The number of esters is 1. The van der Waals surface area contributed by atoms with Crippen molar-refractivity contribution in [3.8, 4) is 0 Å². The summed E-state index contributed by atoms with van der Waals surface area (Å²) in [7, 11) is 0. The Kier molecular flexibility index (Phi) is 14.6. The van der Waals surface area contributed by atoms with Crippen molar-refractivity contribution in [2.24, 2.45) is 0 Å². The second-order valence-electron chi connectivity index (χ2n) is 7.76. The van der Waals surface area contributed by atoms with E-state index in [1.165, 1.54) is 43.2 Å². The second-order valence-corrected chi connectivity index (χ2v) is 7.76. The predicted molar refractivity (Wildman–Crippen MR) is 118 cm³/mol. The van der Waals surface area contributed by atoms with E-state index in [1.807, 2.05) is 12.1 Å². The van der Waals surface area contributed by atoms with Crippen molar-refractivity contribution in [3.63, 3.8) is 0 Å². The standard InChI is InChI=1S/C25H42O3/c1-4-7-10-11-12-13-16-27-17-18-28-25(26)24-20-22(14-8-5-2)19-23(21-24)15-9-6-3/h19-21H,4-18H2,1-3H3. The molecule has 0 saturated heterocycles. The number of aryl methyl sites for hydroxylation is 2. The van der Waals surface area contributed by atoms with E-state index in [-0.39, 0.29) is 5.97 Å². The number of rotatable bonds is 17. The van der Waals surface area contributed by atoms with Crippen molar-refractivity contribution < 1.29 is 14.3 Å². The molecule has 0 bridgehead atoms. The average molecular weight is 391 g/mol. The van der Waals surface area contributed by atoms with E-state index in [0.29, 0.717) is 18.8 Å². The van der Waals surface area contributed by atoms with Gasteiger partial charge in [-0.25, -0.2) is 4.79 Å². The average Bonchev–Trinajstić information content (AvgIpc) is 2.71. The molecular weight excluding hydrogens is 348 g/mol. The van der Waals surface area contributed by atoms with Crippen LogP contribution in [0.4, 0.5) is 0 Å². The summed E-state index contributed by atoms with van der Waals surface area (Å²) < 4.78 is 11.0. The SMILES string of the molecule is CCCCCCCCOCCOC(=O)c1cc(CCCC)cc(CCCC)c1. The summed E-state index contributed by atoms with van der Waals surface area (Å²) in [5, 5.41) is 0. The van der Waals surface area contributed by atoms with Gasteiger partial charge in [0, 0.05) is 6.61 Å². The second kappa shape index (κ2) is 16.6. The third-order valence-electron chi connectivity index (χ3n) is 5.03. The van der Waals surface area contributed by atoms with Crippen LogP contribution in [0.25, 0.3) is 0 Å². The van der Waals surface area contributed by atoms with Crippen LogP contribution >= 0.6 is 0 Å². The summed E-state index contributed by atoms with van der Waals surface area (Å²) in [5.74, 6) is -0.223. The molecule has 0 unspecified atom stereocenters. The van der Waals surface area contributed by atoms with E-state index >= 15 is 0 Å². The molecule has 0 N–H and O–H groups in total. The number of hydrogen-bond donors (Lipinski definition) is 0. The van der Waals surface area contributed by atoms with Crippen LogP contribution < -0.4 is 0 Å². The molecule has 0 aromatic heterocycles. The Bertz CT molecular complexity index is 498. The van der Waals surface area contributed by atoms with Crippen LogP contribution in [0.1, 0.15) is 106 Å². The molecule has 0 fully saturated rings. The third-order valence-corrected chi connectivity index (χ3v) is 5.03. The highest BCUT2D eigenvalue weighted by atomic mass is 16.6. The van der Waals surface area contributed by atoms with E-state index < -0.39 is 0 Å². The molecule has 0 heterocycles. The highest BCUT2D eigenvalue weighted by Gasteiger charge is 2.10. The molecule has 160 valence electrons. The first-order valence-corrected chi connectivity index (χ1v) is 11.6. The first kappa shape index (κ1) is 24.7. The molecule has 0 radical (unpaired) electrons. The van der Waals surface area contributed by atoms with Gasteiger partial charge in [0.1, 0.15) is 6.61 Å². The summed E-state index contributed by atoms with van der Waals surface area (Å²) in [4.78, 5) is 12.5. The zero-order valence-electron chi connectivity index (χ0n) is 18.6. The summed E-state index contributed by atoms with van der Waals surface area (Å²) in [5.41, 5.74) is 3.19. The first-order chi connectivity index (χ1) is 13.7. The van der Waals surface area contributed by atoms with Crippen LogP contribution in [0.3, 0.4) is 0 Å². The molecule has 0 aliphatic carbocycles. The largest absolute Gasteiger partial charge is 0.460 e. The van der Waals surface area contributed by atoms with Gasteiger partial charge in [-0.3, -0.25) is 0 Å². The van der Waals surface area contributed by atoms with E-state index in [4.69, 9.17) is 9.47 Å². The van der Waals surface area contributed by atoms with Crippen LogP contribution in [0.2, 0.25) is 0 Å². The molecule has 1 aromatic carbocycles. The highest BCUT2D eigenvalue weighted by molar-refractivity contribution is 5.89. The van der Waals surface area contributed by atoms with Crippen LogP contribution in [0.5, 0.6) is 0 Å². The maximum atomic E-state index is 12.5. The van der Waals surface area contributed by atoms with Crippen LogP contribution in [-0.2, 0) is 22.3 Å². The Balaban J connectivity index is 2.35. The van der Waals surface area contributed by atoms with Crippen molar-refractivity contribution in [2.45, 2.75) is 97.8 Å². The molecule has 3 heteroatoms. The zero-order chi connectivity index (χ0) is 20.5. The van der Waals surface area contributed by atoms with Crippen molar-refractivity contribution in [1.82, 2.24) is 0 Å². The lowest BCUT2D eigenvalue weighted by molar-refractivity contribution is 0.0312. The van der Waals surface area contributed by atoms with E-state index in [2.05, 4.69) is 26.8 Å². The number of hydrogen-bond acceptors (Lipinski definition) is 3. The van der Waals surface area contributed by atoms with Gasteiger partial charge in [-0.15, -0.1) is 0 Å². The lowest BCUT2D eigenvalue weighted by Gasteiger charge is -2.10. The quantitative estimate of drug-likeness (QED) is 0.214. The number of carbonyl (C=O) groups excluding carboxylic acids is 1. The van der Waals surface area contributed by atoms with E-state index in [9.17, 15) is 4.79 Å². The van der Waals surface area contributed by atoms with E-state index in [0.717, 1.165) is 51.6 Å². The summed E-state index contributed by atoms with van der Waals surface area (Å²) in [6.07, 6.45) is 14.2. The molecule has 0 aliphatic heterocycles. The number of unbranched alkanes of at least 4 members (excludes halogenated alkanes) is 7. The molecule has 0 aliphatic rings. The van der Waals surface area contributed by atoms with E-state index in [1.54, 1.807) is 0 Å². The molecule has 0 amide bonds. The smallest absolute Gasteiger partial charge is 0.338 e. The lowest BCUT2D eigenvalue weighted by atomic mass is 9.99. The molecule has 3 nitrogen and oxygen atoms in total. The molecule has 0 atom stereocenters. The van der Waals surface area contributed by atoms with Gasteiger partial charge in [0.2, 0.25) is 0 Å². The van der Waals surface area contributed by atoms with Gasteiger partial charge in [0.25, 0.3) is 0 Å². The van der Waals surface area contributed by atoms with Crippen molar-refractivity contribution in [2.75, 3.05) is 19.8 Å². The minimum Gasteiger partial charge on any atom is -0.460 e. The zero-order valence-corrected chi connectivity index (χ0v) is 18.6. The molecule has 1 aromatic rings. The molecule has 0 saturated carbocycles. The van der Waals surface area contributed by atoms with Gasteiger partial charge in [-0.2, -0.15) is 0 Å². The fourth-order valence-corrected chi connectivity index (χ4v) is 3.29. The third kappa shape index (κ3) is 11.5. The molecule has 28 heavy (non-hydrogen) atoms. The Morgan fingerprint density at radius 2 is 1.25 bits per heavy atom. The Labute approximate surface area is 173 Å². The maximum Gasteiger partial charge on any atom is 0.338 e. The fourth-order valence-electron chi connectivity index (χ4n) is 3.29. The summed E-state index contributed by atoms with van der Waals surface area (Å²) >= 11 is 0. The Morgan fingerprint density at radius 1 is 0.679 bits per heavy atom. The van der Waals surface area contributed by atoms with Crippen LogP contribution in [-0.4, -0.2) is 25.8 Å². The van der Waals surface area contributed by atoms with Gasteiger partial charge in [0.05, 0.1) is 12.2 Å². The van der Waals surface area contributed by atoms with Gasteiger partial charge >= 0.3 is 5.97 Å². The Morgan fingerprint density at radius 3 is 1.86 bits per heavy atom. The van der Waals surface area contributed by atoms with Gasteiger partial charge < -0.3 is 9.47 Å². The minimum atomic E-state index is -0.223.